The Morgan fingerprint density at radius 2 is 2.25 bits per heavy atom. The normalized spacial score (nSPS) is 21.0. The molecule has 1 aliphatic heterocycles. The van der Waals surface area contributed by atoms with Gasteiger partial charge in [-0.1, -0.05) is 6.92 Å². The number of hydrogen-bond donors (Lipinski definition) is 1. The van der Waals surface area contributed by atoms with E-state index in [1.54, 1.807) is 0 Å². The van der Waals surface area contributed by atoms with E-state index < -0.39 is 0 Å². The molecule has 1 aromatic rings. The van der Waals surface area contributed by atoms with Crippen molar-refractivity contribution < 1.29 is 0 Å². The molecule has 2 atom stereocenters. The van der Waals surface area contributed by atoms with Crippen molar-refractivity contribution in [1.82, 2.24) is 20.0 Å². The number of hydrogen-bond acceptors (Lipinski definition) is 3. The highest BCUT2D eigenvalue weighted by molar-refractivity contribution is 5.00. The number of aromatic nitrogens is 2. The van der Waals surface area contributed by atoms with E-state index in [1.165, 1.54) is 25.1 Å². The summed E-state index contributed by atoms with van der Waals surface area (Å²) in [5, 5.41) is 8.33. The quantitative estimate of drug-likeness (QED) is 0.832. The zero-order valence-electron chi connectivity index (χ0n) is 13.5. The summed E-state index contributed by atoms with van der Waals surface area (Å²) in [5.74, 6) is 0. The molecule has 1 aliphatic rings. The van der Waals surface area contributed by atoms with E-state index in [4.69, 9.17) is 5.10 Å². The lowest BCUT2D eigenvalue weighted by atomic mass is 10.2. The van der Waals surface area contributed by atoms with Crippen LogP contribution in [0.15, 0.2) is 12.3 Å². The molecule has 0 radical (unpaired) electrons. The van der Waals surface area contributed by atoms with E-state index in [1.807, 2.05) is 0 Å². The van der Waals surface area contributed by atoms with Crippen LogP contribution in [0.2, 0.25) is 0 Å². The maximum absolute atomic E-state index is 4.73. The average Bonchev–Trinajstić information content (AvgIpc) is 3.08. The zero-order valence-corrected chi connectivity index (χ0v) is 13.5. The molecule has 4 heteroatoms. The van der Waals surface area contributed by atoms with E-state index in [-0.39, 0.29) is 0 Å². The first-order valence-electron chi connectivity index (χ1n) is 8.11. The SMILES string of the molecule is CCC(C)n1ccc(CN(CC2CCCN2)C(C)C)n1. The Morgan fingerprint density at radius 1 is 1.45 bits per heavy atom. The molecule has 2 rings (SSSR count). The lowest BCUT2D eigenvalue weighted by Crippen LogP contribution is -2.40. The van der Waals surface area contributed by atoms with Gasteiger partial charge in [0.25, 0.3) is 0 Å². The van der Waals surface area contributed by atoms with Gasteiger partial charge in [-0.2, -0.15) is 5.10 Å². The summed E-state index contributed by atoms with van der Waals surface area (Å²) in [7, 11) is 0. The molecule has 1 N–H and O–H groups in total. The van der Waals surface area contributed by atoms with Crippen LogP contribution in [0.3, 0.4) is 0 Å². The maximum atomic E-state index is 4.73. The van der Waals surface area contributed by atoms with Crippen molar-refractivity contribution >= 4 is 0 Å². The first kappa shape index (κ1) is 15.5. The number of nitrogens with zero attached hydrogens (tertiary/aromatic N) is 3. The Bertz CT molecular complexity index is 393. The second-order valence-electron chi connectivity index (χ2n) is 6.36. The summed E-state index contributed by atoms with van der Waals surface area (Å²) in [6.45, 7) is 12.3. The van der Waals surface area contributed by atoms with Crippen LogP contribution >= 0.6 is 0 Å². The summed E-state index contributed by atoms with van der Waals surface area (Å²) < 4.78 is 2.10. The first-order chi connectivity index (χ1) is 9.60. The van der Waals surface area contributed by atoms with Crippen molar-refractivity contribution in [3.8, 4) is 0 Å². The minimum Gasteiger partial charge on any atom is -0.313 e. The predicted octanol–water partition coefficient (Wildman–Crippen LogP) is 2.82. The maximum Gasteiger partial charge on any atom is 0.0765 e. The molecule has 2 heterocycles. The summed E-state index contributed by atoms with van der Waals surface area (Å²) in [6, 6.07) is 3.89. The van der Waals surface area contributed by atoms with Crippen LogP contribution in [0, 0.1) is 0 Å². The zero-order chi connectivity index (χ0) is 14.5. The van der Waals surface area contributed by atoms with Crippen molar-refractivity contribution in [3.05, 3.63) is 18.0 Å². The molecule has 114 valence electrons. The van der Waals surface area contributed by atoms with Crippen LogP contribution in [0.4, 0.5) is 0 Å². The number of rotatable bonds is 7. The van der Waals surface area contributed by atoms with Gasteiger partial charge in [0.15, 0.2) is 0 Å². The van der Waals surface area contributed by atoms with E-state index in [2.05, 4.69) is 54.9 Å². The molecule has 4 nitrogen and oxygen atoms in total. The second-order valence-corrected chi connectivity index (χ2v) is 6.36. The van der Waals surface area contributed by atoms with E-state index in [9.17, 15) is 0 Å². The Morgan fingerprint density at radius 3 is 2.85 bits per heavy atom. The summed E-state index contributed by atoms with van der Waals surface area (Å²) in [4.78, 5) is 2.53. The van der Waals surface area contributed by atoms with Gasteiger partial charge >= 0.3 is 0 Å². The fourth-order valence-corrected chi connectivity index (χ4v) is 2.76. The summed E-state index contributed by atoms with van der Waals surface area (Å²) in [6.07, 6.45) is 5.88. The highest BCUT2D eigenvalue weighted by Crippen LogP contribution is 2.14. The molecule has 1 fully saturated rings. The smallest absolute Gasteiger partial charge is 0.0765 e. The molecule has 20 heavy (non-hydrogen) atoms. The lowest BCUT2D eigenvalue weighted by Gasteiger charge is -2.28. The fraction of sp³-hybridized carbons (Fsp3) is 0.812. The molecule has 1 aromatic heterocycles. The van der Waals surface area contributed by atoms with Crippen LogP contribution in [0.1, 0.15) is 58.7 Å². The largest absolute Gasteiger partial charge is 0.313 e. The van der Waals surface area contributed by atoms with Crippen molar-refractivity contribution in [2.45, 2.75) is 71.6 Å². The highest BCUT2D eigenvalue weighted by Gasteiger charge is 2.20. The van der Waals surface area contributed by atoms with Gasteiger partial charge in [-0.05, 0) is 52.6 Å². The highest BCUT2D eigenvalue weighted by atomic mass is 15.3. The van der Waals surface area contributed by atoms with E-state index >= 15 is 0 Å². The van der Waals surface area contributed by atoms with Gasteiger partial charge in [-0.3, -0.25) is 9.58 Å². The van der Waals surface area contributed by atoms with Crippen molar-refractivity contribution in [2.75, 3.05) is 13.1 Å². The molecule has 0 aliphatic carbocycles. The third-order valence-electron chi connectivity index (χ3n) is 4.42. The van der Waals surface area contributed by atoms with Crippen molar-refractivity contribution in [3.63, 3.8) is 0 Å². The Labute approximate surface area is 123 Å². The third-order valence-corrected chi connectivity index (χ3v) is 4.42. The van der Waals surface area contributed by atoms with Crippen LogP contribution in [-0.4, -0.2) is 39.9 Å². The third kappa shape index (κ3) is 4.06. The van der Waals surface area contributed by atoms with Gasteiger partial charge in [-0.25, -0.2) is 0 Å². The van der Waals surface area contributed by atoms with Crippen LogP contribution in [-0.2, 0) is 6.54 Å². The minimum absolute atomic E-state index is 0.493. The summed E-state index contributed by atoms with van der Waals surface area (Å²) >= 11 is 0. The summed E-state index contributed by atoms with van der Waals surface area (Å²) in [5.41, 5.74) is 1.19. The van der Waals surface area contributed by atoms with Gasteiger partial charge < -0.3 is 5.32 Å². The number of nitrogens with one attached hydrogen (secondary N) is 1. The van der Waals surface area contributed by atoms with Gasteiger partial charge in [0.05, 0.1) is 5.69 Å². The van der Waals surface area contributed by atoms with Gasteiger partial charge in [0, 0.05) is 37.4 Å². The molecule has 1 saturated heterocycles. The first-order valence-corrected chi connectivity index (χ1v) is 8.11. The molecule has 0 bridgehead atoms. The lowest BCUT2D eigenvalue weighted by molar-refractivity contribution is 0.191. The van der Waals surface area contributed by atoms with Gasteiger partial charge in [0.2, 0.25) is 0 Å². The standard InChI is InChI=1S/C16H30N4/c1-5-14(4)20-10-8-16(18-20)12-19(13(2)3)11-15-7-6-9-17-15/h8,10,13-15,17H,5-7,9,11-12H2,1-4H3. The topological polar surface area (TPSA) is 33.1 Å². The second kappa shape index (κ2) is 7.23. The molecular weight excluding hydrogens is 248 g/mol. The Kier molecular flexibility index (Phi) is 5.61. The van der Waals surface area contributed by atoms with Crippen molar-refractivity contribution in [1.29, 1.82) is 0 Å². The Balaban J connectivity index is 1.94. The molecule has 0 amide bonds. The molecular formula is C16H30N4. The predicted molar refractivity (Wildman–Crippen MR) is 83.8 cm³/mol. The van der Waals surface area contributed by atoms with Crippen LogP contribution < -0.4 is 5.32 Å². The molecule has 2 unspecified atom stereocenters. The van der Waals surface area contributed by atoms with E-state index in [0.717, 1.165) is 19.5 Å². The van der Waals surface area contributed by atoms with Crippen LogP contribution in [0.25, 0.3) is 0 Å². The fourth-order valence-electron chi connectivity index (χ4n) is 2.76. The molecule has 0 saturated carbocycles. The van der Waals surface area contributed by atoms with Gasteiger partial charge in [0.1, 0.15) is 0 Å². The van der Waals surface area contributed by atoms with Crippen molar-refractivity contribution in [2.24, 2.45) is 0 Å². The molecule has 0 aromatic carbocycles. The monoisotopic (exact) mass is 278 g/mol. The van der Waals surface area contributed by atoms with Crippen LogP contribution in [0.5, 0.6) is 0 Å². The molecule has 0 spiro atoms. The minimum atomic E-state index is 0.493. The average molecular weight is 278 g/mol. The van der Waals surface area contributed by atoms with Gasteiger partial charge in [-0.15, -0.1) is 0 Å². The van der Waals surface area contributed by atoms with E-state index in [0.29, 0.717) is 18.1 Å². The Hall–Kier alpha value is -0.870.